The highest BCUT2D eigenvalue weighted by atomic mass is 16.1. The van der Waals surface area contributed by atoms with Crippen LogP contribution in [0.2, 0.25) is 0 Å². The molecule has 0 spiro atoms. The predicted molar refractivity (Wildman–Crippen MR) is 97.4 cm³/mol. The summed E-state index contributed by atoms with van der Waals surface area (Å²) in [6.45, 7) is 6.17. The Morgan fingerprint density at radius 1 is 1.08 bits per heavy atom. The molecule has 26 heavy (non-hydrogen) atoms. The number of hydrogen-bond acceptors (Lipinski definition) is 5. The molecule has 8 nitrogen and oxygen atoms in total. The molecule has 0 aliphatic carbocycles. The molecule has 0 saturated heterocycles. The van der Waals surface area contributed by atoms with Crippen molar-refractivity contribution in [2.45, 2.75) is 32.7 Å². The van der Waals surface area contributed by atoms with Crippen molar-refractivity contribution >= 4 is 16.7 Å². The molecule has 3 aromatic heterocycles. The zero-order valence-corrected chi connectivity index (χ0v) is 14.7. The Balaban J connectivity index is 2.13. The maximum Gasteiger partial charge on any atom is 0.296 e. The minimum atomic E-state index is -0.471. The lowest BCUT2D eigenvalue weighted by Crippen LogP contribution is -2.33. The third-order valence-corrected chi connectivity index (χ3v) is 4.20. The van der Waals surface area contributed by atoms with Crippen molar-refractivity contribution in [2.75, 3.05) is 0 Å². The fraction of sp³-hybridized carbons (Fsp3) is 0.278. The summed E-state index contributed by atoms with van der Waals surface area (Å²) in [5.41, 5.74) is 0.787. The normalized spacial score (nSPS) is 12.1. The van der Waals surface area contributed by atoms with E-state index in [0.29, 0.717) is 17.9 Å². The van der Waals surface area contributed by atoms with Crippen LogP contribution in [-0.2, 0) is 12.0 Å². The average molecular weight is 350 g/mol. The molecule has 3 heterocycles. The number of H-pyrrole nitrogens is 1. The van der Waals surface area contributed by atoms with Crippen LogP contribution in [0.3, 0.4) is 0 Å². The highest BCUT2D eigenvalue weighted by Crippen LogP contribution is 2.19. The Bertz CT molecular complexity index is 1230. The van der Waals surface area contributed by atoms with Gasteiger partial charge in [0.05, 0.1) is 12.9 Å². The van der Waals surface area contributed by atoms with E-state index in [1.54, 1.807) is 4.68 Å². The lowest BCUT2D eigenvalue weighted by Gasteiger charge is -2.19. The molecule has 132 valence electrons. The lowest BCUT2D eigenvalue weighted by atomic mass is 9.93. The summed E-state index contributed by atoms with van der Waals surface area (Å²) >= 11 is 0. The molecule has 0 radical (unpaired) electrons. The van der Waals surface area contributed by atoms with E-state index >= 15 is 0 Å². The van der Waals surface area contributed by atoms with Crippen LogP contribution in [0, 0.1) is 0 Å². The minimum Gasteiger partial charge on any atom is -0.312 e. The largest absolute Gasteiger partial charge is 0.312 e. The van der Waals surface area contributed by atoms with Crippen molar-refractivity contribution in [3.8, 4) is 0 Å². The summed E-state index contributed by atoms with van der Waals surface area (Å²) in [4.78, 5) is 31.9. The third-order valence-electron chi connectivity index (χ3n) is 4.20. The Kier molecular flexibility index (Phi) is 3.50. The topological polar surface area (TPSA) is 97.9 Å². The number of nitrogens with one attached hydrogen (secondary N) is 1. The molecule has 0 aliphatic rings. The van der Waals surface area contributed by atoms with E-state index in [1.165, 1.54) is 10.8 Å². The van der Waals surface area contributed by atoms with E-state index in [1.807, 2.05) is 51.1 Å². The molecule has 0 atom stereocenters. The van der Waals surface area contributed by atoms with Crippen molar-refractivity contribution < 1.29 is 0 Å². The SMILES string of the molecule is CC(C)(C)c1nn(Cc2ccccc2)c2c3c(=O)[nH]cnc3nn2c1=O. The Labute approximate surface area is 148 Å². The van der Waals surface area contributed by atoms with Gasteiger partial charge in [-0.05, 0) is 5.56 Å². The summed E-state index contributed by atoms with van der Waals surface area (Å²) in [6.07, 6.45) is 1.28. The summed E-state index contributed by atoms with van der Waals surface area (Å²) in [6, 6.07) is 9.73. The van der Waals surface area contributed by atoms with Gasteiger partial charge in [-0.2, -0.15) is 9.61 Å². The fourth-order valence-corrected chi connectivity index (χ4v) is 2.94. The zero-order valence-electron chi connectivity index (χ0n) is 14.7. The first-order valence-electron chi connectivity index (χ1n) is 8.28. The quantitative estimate of drug-likeness (QED) is 0.590. The predicted octanol–water partition coefficient (Wildman–Crippen LogP) is 1.47. The first kappa shape index (κ1) is 16.2. The van der Waals surface area contributed by atoms with Gasteiger partial charge in [-0.1, -0.05) is 51.1 Å². The number of aromatic amines is 1. The van der Waals surface area contributed by atoms with E-state index < -0.39 is 5.41 Å². The van der Waals surface area contributed by atoms with E-state index in [-0.39, 0.29) is 22.2 Å². The second-order valence-electron chi connectivity index (χ2n) is 7.21. The van der Waals surface area contributed by atoms with E-state index in [2.05, 4.69) is 20.2 Å². The molecule has 1 aromatic carbocycles. The monoisotopic (exact) mass is 350 g/mol. The minimum absolute atomic E-state index is 0.223. The van der Waals surface area contributed by atoms with Crippen LogP contribution in [0.15, 0.2) is 46.2 Å². The van der Waals surface area contributed by atoms with Crippen LogP contribution >= 0.6 is 0 Å². The number of aromatic nitrogens is 6. The van der Waals surface area contributed by atoms with E-state index in [0.717, 1.165) is 5.56 Å². The molecule has 4 rings (SSSR count). The Hall–Kier alpha value is -3.29. The van der Waals surface area contributed by atoms with Crippen LogP contribution in [-0.4, -0.2) is 29.4 Å². The van der Waals surface area contributed by atoms with Crippen LogP contribution in [0.1, 0.15) is 32.0 Å². The molecular formula is C18H18N6O2. The molecular weight excluding hydrogens is 332 g/mol. The van der Waals surface area contributed by atoms with Gasteiger partial charge in [0.15, 0.2) is 11.3 Å². The number of fused-ring (bicyclic) bond motifs is 3. The van der Waals surface area contributed by atoms with Gasteiger partial charge >= 0.3 is 0 Å². The van der Waals surface area contributed by atoms with E-state index in [4.69, 9.17) is 0 Å². The average Bonchev–Trinajstić information content (AvgIpc) is 2.99. The molecule has 0 aliphatic heterocycles. The van der Waals surface area contributed by atoms with Crippen molar-refractivity contribution in [3.63, 3.8) is 0 Å². The first-order chi connectivity index (χ1) is 12.4. The van der Waals surface area contributed by atoms with Gasteiger partial charge in [-0.15, -0.1) is 5.10 Å². The fourth-order valence-electron chi connectivity index (χ4n) is 2.94. The maximum absolute atomic E-state index is 12.9. The molecule has 0 fully saturated rings. The maximum atomic E-state index is 12.9. The highest BCUT2D eigenvalue weighted by Gasteiger charge is 2.25. The summed E-state index contributed by atoms with van der Waals surface area (Å²) < 4.78 is 2.90. The highest BCUT2D eigenvalue weighted by molar-refractivity contribution is 5.88. The molecule has 8 heteroatoms. The van der Waals surface area contributed by atoms with Gasteiger partial charge in [0, 0.05) is 5.41 Å². The van der Waals surface area contributed by atoms with Crippen LogP contribution in [0.4, 0.5) is 0 Å². The van der Waals surface area contributed by atoms with Gasteiger partial charge < -0.3 is 4.98 Å². The summed E-state index contributed by atoms with van der Waals surface area (Å²) in [7, 11) is 0. The number of nitrogens with zero attached hydrogens (tertiary/aromatic N) is 5. The standard InChI is InChI=1S/C18H18N6O2/c1-18(2,3)13-17(26)24-16(12-14(22-24)19-10-20-15(12)25)23(21-13)9-11-7-5-4-6-8-11/h4-8,10H,9H2,1-3H3,(H,19,20,22,25). The van der Waals surface area contributed by atoms with Crippen molar-refractivity contribution in [2.24, 2.45) is 0 Å². The molecule has 0 saturated carbocycles. The van der Waals surface area contributed by atoms with Crippen molar-refractivity contribution in [3.05, 3.63) is 68.6 Å². The van der Waals surface area contributed by atoms with Crippen LogP contribution in [0.25, 0.3) is 16.7 Å². The summed E-state index contributed by atoms with van der Waals surface area (Å²) in [5.74, 6) is 0. The smallest absolute Gasteiger partial charge is 0.296 e. The van der Waals surface area contributed by atoms with Gasteiger partial charge in [-0.3, -0.25) is 9.59 Å². The first-order valence-corrected chi connectivity index (χ1v) is 8.28. The number of rotatable bonds is 2. The molecule has 0 amide bonds. The van der Waals surface area contributed by atoms with Crippen LogP contribution in [0.5, 0.6) is 0 Å². The lowest BCUT2D eigenvalue weighted by molar-refractivity contribution is 0.510. The van der Waals surface area contributed by atoms with Crippen molar-refractivity contribution in [1.29, 1.82) is 0 Å². The molecule has 0 bridgehead atoms. The summed E-state index contributed by atoms with van der Waals surface area (Å²) in [5, 5.41) is 9.12. The molecule has 0 unspecified atom stereocenters. The van der Waals surface area contributed by atoms with Gasteiger partial charge in [-0.25, -0.2) is 9.67 Å². The second kappa shape index (κ2) is 5.62. The second-order valence-corrected chi connectivity index (χ2v) is 7.21. The molecule has 1 N–H and O–H groups in total. The van der Waals surface area contributed by atoms with Gasteiger partial charge in [0.25, 0.3) is 11.1 Å². The number of hydrogen-bond donors (Lipinski definition) is 1. The molecule has 4 aromatic rings. The number of benzene rings is 1. The zero-order chi connectivity index (χ0) is 18.5. The van der Waals surface area contributed by atoms with Gasteiger partial charge in [0.1, 0.15) is 11.1 Å². The third kappa shape index (κ3) is 2.50. The van der Waals surface area contributed by atoms with Crippen molar-refractivity contribution in [1.82, 2.24) is 29.4 Å². The van der Waals surface area contributed by atoms with E-state index in [9.17, 15) is 9.59 Å². The Morgan fingerprint density at radius 3 is 2.50 bits per heavy atom. The Morgan fingerprint density at radius 2 is 1.81 bits per heavy atom. The van der Waals surface area contributed by atoms with Gasteiger partial charge in [0.2, 0.25) is 0 Å². The van der Waals surface area contributed by atoms with Crippen LogP contribution < -0.4 is 11.1 Å².